The summed E-state index contributed by atoms with van der Waals surface area (Å²) in [5.74, 6) is 1.63. The Kier molecular flexibility index (Phi) is 9.62. The standard InChI is InChI=1S/C29H25N2O.BF4/c1-31(20-8-19-30)27-16-13-23(14-17-27)15-18-28-21-26(24-9-4-2-5-10-24)22-29(32-28)25-11-6-3-7-12-25;2-1(3,4)5/h2-7,9-18,21-22H,8,20H2,1H3;/q+1;-1. The van der Waals surface area contributed by atoms with Crippen molar-refractivity contribution in [3.8, 4) is 6.07 Å². The third-order valence-corrected chi connectivity index (χ3v) is 5.31. The molecule has 1 aliphatic carbocycles. The van der Waals surface area contributed by atoms with Crippen molar-refractivity contribution in [2.24, 2.45) is 0 Å². The van der Waals surface area contributed by atoms with Crippen LogP contribution in [0.1, 0.15) is 17.5 Å². The van der Waals surface area contributed by atoms with E-state index in [-0.39, 0.29) is 0 Å². The highest BCUT2D eigenvalue weighted by molar-refractivity contribution is 6.50. The molecule has 2 aromatic carbocycles. The van der Waals surface area contributed by atoms with Gasteiger partial charge in [-0.05, 0) is 47.1 Å². The summed E-state index contributed by atoms with van der Waals surface area (Å²) >= 11 is 0. The Labute approximate surface area is 214 Å². The number of ether oxygens (including phenoxy) is 1. The minimum absolute atomic E-state index is 0.515. The lowest BCUT2D eigenvalue weighted by Crippen LogP contribution is -2.16. The number of nitrogens with zero attached hydrogens (tertiary/aromatic N) is 2. The molecule has 1 heterocycles. The molecule has 2 aromatic rings. The Morgan fingerprint density at radius 2 is 1.41 bits per heavy atom. The van der Waals surface area contributed by atoms with Crippen LogP contribution in [0.15, 0.2) is 121 Å². The van der Waals surface area contributed by atoms with Gasteiger partial charge in [0, 0.05) is 17.7 Å². The van der Waals surface area contributed by atoms with E-state index in [1.807, 2.05) is 49.5 Å². The molecule has 0 saturated heterocycles. The molecular weight excluding hydrogens is 479 g/mol. The minimum atomic E-state index is -6.00. The van der Waals surface area contributed by atoms with Crippen LogP contribution < -0.4 is 0 Å². The van der Waals surface area contributed by atoms with Crippen LogP contribution >= 0.6 is 0 Å². The monoisotopic (exact) mass is 504 g/mol. The van der Waals surface area contributed by atoms with Crippen LogP contribution in [0.2, 0.25) is 0 Å². The van der Waals surface area contributed by atoms with Gasteiger partial charge in [0.25, 0.3) is 0 Å². The Morgan fingerprint density at radius 3 is 1.97 bits per heavy atom. The van der Waals surface area contributed by atoms with Crippen molar-refractivity contribution in [1.29, 1.82) is 5.26 Å². The molecule has 0 radical (unpaired) electrons. The highest BCUT2D eigenvalue weighted by Crippen LogP contribution is 2.31. The van der Waals surface area contributed by atoms with E-state index in [9.17, 15) is 17.3 Å². The third-order valence-electron chi connectivity index (χ3n) is 5.31. The molecule has 188 valence electrons. The van der Waals surface area contributed by atoms with Gasteiger partial charge in [-0.2, -0.15) is 5.26 Å². The summed E-state index contributed by atoms with van der Waals surface area (Å²) in [7, 11) is -4.00. The number of hydrogen-bond donors (Lipinski definition) is 0. The smallest absolute Gasteiger partial charge is 0.457 e. The highest BCUT2D eigenvalue weighted by atomic mass is 19.5. The van der Waals surface area contributed by atoms with Crippen LogP contribution in [0.25, 0.3) is 11.3 Å². The summed E-state index contributed by atoms with van der Waals surface area (Å²) in [6.07, 6.45) is 17.0. The number of rotatable bonds is 5. The van der Waals surface area contributed by atoms with Gasteiger partial charge in [0.05, 0.1) is 12.5 Å². The first-order valence-electron chi connectivity index (χ1n) is 11.6. The van der Waals surface area contributed by atoms with Crippen molar-refractivity contribution >= 4 is 24.3 Å². The summed E-state index contributed by atoms with van der Waals surface area (Å²) in [5, 5.41) is 8.77. The summed E-state index contributed by atoms with van der Waals surface area (Å²) < 4.78 is 47.3. The van der Waals surface area contributed by atoms with Crippen LogP contribution in [0, 0.1) is 11.3 Å². The molecule has 4 rings (SSSR count). The second-order valence-corrected chi connectivity index (χ2v) is 8.09. The van der Waals surface area contributed by atoms with Gasteiger partial charge in [0.15, 0.2) is 12.3 Å². The van der Waals surface area contributed by atoms with Gasteiger partial charge in [-0.1, -0.05) is 66.7 Å². The maximum Gasteiger partial charge on any atom is 0.673 e. The lowest BCUT2D eigenvalue weighted by Gasteiger charge is -2.18. The second-order valence-electron chi connectivity index (χ2n) is 8.09. The summed E-state index contributed by atoms with van der Waals surface area (Å²) in [4.78, 5) is 0. The summed E-state index contributed by atoms with van der Waals surface area (Å²) in [5.41, 5.74) is 5.50. The molecule has 37 heavy (non-hydrogen) atoms. The van der Waals surface area contributed by atoms with Crippen LogP contribution in [0.4, 0.5) is 17.3 Å². The van der Waals surface area contributed by atoms with Gasteiger partial charge in [-0.25, -0.2) is 4.58 Å². The first-order chi connectivity index (χ1) is 17.7. The van der Waals surface area contributed by atoms with Crippen LogP contribution in [-0.4, -0.2) is 31.1 Å². The van der Waals surface area contributed by atoms with E-state index in [4.69, 9.17) is 10.00 Å². The van der Waals surface area contributed by atoms with Crippen molar-refractivity contribution < 1.29 is 26.6 Å². The molecule has 0 bridgehead atoms. The molecule has 0 N–H and O–H groups in total. The fourth-order valence-electron chi connectivity index (χ4n) is 3.51. The Balaban J connectivity index is 0.000000695. The normalized spacial score (nSPS) is 15.6. The fraction of sp³-hybridized carbons (Fsp3) is 0.103. The Bertz CT molecular complexity index is 1320. The molecule has 0 amide bonds. The Hall–Kier alpha value is -4.38. The van der Waals surface area contributed by atoms with Crippen molar-refractivity contribution in [3.63, 3.8) is 0 Å². The number of halogens is 4. The summed E-state index contributed by atoms with van der Waals surface area (Å²) in [6.45, 7) is 0.721. The van der Waals surface area contributed by atoms with Gasteiger partial charge < -0.3 is 22.0 Å². The molecule has 0 saturated carbocycles. The minimum Gasteiger partial charge on any atom is -0.457 e. The van der Waals surface area contributed by atoms with Crippen LogP contribution in [0.5, 0.6) is 0 Å². The molecule has 0 spiro atoms. The van der Waals surface area contributed by atoms with E-state index in [0.717, 1.165) is 46.0 Å². The third kappa shape index (κ3) is 9.30. The van der Waals surface area contributed by atoms with E-state index in [0.29, 0.717) is 6.42 Å². The molecule has 2 aliphatic rings. The molecule has 0 atom stereocenters. The maximum atomic E-state index is 9.75. The SMILES string of the molecule is C[N+](CCC#N)=C1C=CC(=CC=C2C=C(c3ccccc3)C=C(c3ccccc3)O2)C=C1.F[B-](F)(F)F. The zero-order valence-corrected chi connectivity index (χ0v) is 20.2. The van der Waals surface area contributed by atoms with Crippen molar-refractivity contribution in [3.05, 3.63) is 132 Å². The largest absolute Gasteiger partial charge is 0.673 e. The molecule has 8 heteroatoms. The van der Waals surface area contributed by atoms with Gasteiger partial charge in [-0.3, -0.25) is 0 Å². The average Bonchev–Trinajstić information content (AvgIpc) is 2.91. The number of hydrogen-bond acceptors (Lipinski definition) is 2. The van der Waals surface area contributed by atoms with Crippen molar-refractivity contribution in [1.82, 2.24) is 0 Å². The highest BCUT2D eigenvalue weighted by Gasteiger charge is 2.20. The number of benzene rings is 2. The molecule has 0 fully saturated rings. The van der Waals surface area contributed by atoms with E-state index >= 15 is 0 Å². The summed E-state index contributed by atoms with van der Waals surface area (Å²) in [6, 6.07) is 22.7. The zero-order chi connectivity index (χ0) is 26.7. The van der Waals surface area contributed by atoms with Crippen LogP contribution in [-0.2, 0) is 4.74 Å². The molecular formula is C29H25BF4N2O. The van der Waals surface area contributed by atoms with Crippen molar-refractivity contribution in [2.75, 3.05) is 13.6 Å². The molecule has 0 unspecified atom stereocenters. The number of nitriles is 1. The van der Waals surface area contributed by atoms with E-state index < -0.39 is 7.25 Å². The van der Waals surface area contributed by atoms with Gasteiger partial charge in [0.2, 0.25) is 0 Å². The first-order valence-corrected chi connectivity index (χ1v) is 11.6. The lowest BCUT2D eigenvalue weighted by molar-refractivity contribution is -0.494. The second kappa shape index (κ2) is 13.1. The predicted molar refractivity (Wildman–Crippen MR) is 141 cm³/mol. The van der Waals surface area contributed by atoms with Gasteiger partial charge in [0.1, 0.15) is 18.6 Å². The first kappa shape index (κ1) is 27.2. The Morgan fingerprint density at radius 1 is 0.838 bits per heavy atom. The van der Waals surface area contributed by atoms with Gasteiger partial charge in [-0.15, -0.1) is 0 Å². The number of allylic oxidation sites excluding steroid dienone is 10. The van der Waals surface area contributed by atoms with E-state index in [2.05, 4.69) is 77.4 Å². The lowest BCUT2D eigenvalue weighted by atomic mass is 10.0. The van der Waals surface area contributed by atoms with E-state index in [1.165, 1.54) is 0 Å². The topological polar surface area (TPSA) is 36.0 Å². The maximum absolute atomic E-state index is 9.75. The average molecular weight is 504 g/mol. The zero-order valence-electron chi connectivity index (χ0n) is 20.2. The fourth-order valence-corrected chi connectivity index (χ4v) is 3.51. The molecule has 1 aliphatic heterocycles. The van der Waals surface area contributed by atoms with Crippen molar-refractivity contribution in [2.45, 2.75) is 6.42 Å². The molecule has 0 aromatic heterocycles. The van der Waals surface area contributed by atoms with Gasteiger partial charge >= 0.3 is 7.25 Å². The van der Waals surface area contributed by atoms with E-state index in [1.54, 1.807) is 0 Å². The molecule has 3 nitrogen and oxygen atoms in total. The quantitative estimate of drug-likeness (QED) is 0.242. The predicted octanol–water partition coefficient (Wildman–Crippen LogP) is 7.37. The van der Waals surface area contributed by atoms with Crippen LogP contribution in [0.3, 0.4) is 0 Å².